The number of rotatable bonds is 6. The van der Waals surface area contributed by atoms with E-state index in [2.05, 4.69) is 10.6 Å². The highest BCUT2D eigenvalue weighted by Crippen LogP contribution is 2.23. The molecule has 1 saturated heterocycles. The summed E-state index contributed by atoms with van der Waals surface area (Å²) >= 11 is 0. The van der Waals surface area contributed by atoms with Gasteiger partial charge in [0.15, 0.2) is 0 Å². The van der Waals surface area contributed by atoms with Gasteiger partial charge in [-0.1, -0.05) is 6.07 Å². The molecule has 0 radical (unpaired) electrons. The lowest BCUT2D eigenvalue weighted by atomic mass is 10.1. The van der Waals surface area contributed by atoms with Crippen molar-refractivity contribution in [3.05, 3.63) is 53.6 Å². The molecule has 0 spiro atoms. The van der Waals surface area contributed by atoms with Gasteiger partial charge in [-0.15, -0.1) is 0 Å². The van der Waals surface area contributed by atoms with Gasteiger partial charge in [-0.25, -0.2) is 4.79 Å². The van der Waals surface area contributed by atoms with E-state index in [1.807, 2.05) is 19.1 Å². The third-order valence-electron chi connectivity index (χ3n) is 4.63. The summed E-state index contributed by atoms with van der Waals surface area (Å²) in [6.07, 6.45) is 1.46. The van der Waals surface area contributed by atoms with Crippen molar-refractivity contribution in [2.75, 3.05) is 35.7 Å². The Morgan fingerprint density at radius 1 is 1.14 bits per heavy atom. The molecule has 0 saturated carbocycles. The van der Waals surface area contributed by atoms with Crippen molar-refractivity contribution in [1.82, 2.24) is 0 Å². The van der Waals surface area contributed by atoms with Gasteiger partial charge in [0.1, 0.15) is 0 Å². The number of methoxy groups -OCH3 is 1. The maximum atomic E-state index is 12.2. The second-order valence-corrected chi connectivity index (χ2v) is 6.62. The number of carbonyl (C=O) groups is 3. The predicted octanol–water partition coefficient (Wildman–Crippen LogP) is 2.96. The van der Waals surface area contributed by atoms with E-state index < -0.39 is 5.97 Å². The number of carbonyl (C=O) groups excluding carboxylic acids is 3. The molecule has 146 valence electrons. The Hall–Kier alpha value is -3.35. The Balaban J connectivity index is 1.57. The second kappa shape index (κ2) is 8.56. The number of amides is 2. The molecule has 1 heterocycles. The van der Waals surface area contributed by atoms with E-state index in [1.165, 1.54) is 7.11 Å². The van der Waals surface area contributed by atoms with Crippen molar-refractivity contribution >= 4 is 34.8 Å². The molecule has 0 unspecified atom stereocenters. The molecule has 0 aliphatic carbocycles. The van der Waals surface area contributed by atoms with E-state index in [-0.39, 0.29) is 18.4 Å². The van der Waals surface area contributed by atoms with Crippen molar-refractivity contribution < 1.29 is 19.1 Å². The van der Waals surface area contributed by atoms with Crippen LogP contribution in [-0.4, -0.2) is 38.0 Å². The fourth-order valence-corrected chi connectivity index (χ4v) is 3.08. The second-order valence-electron chi connectivity index (χ2n) is 6.62. The molecule has 1 fully saturated rings. The molecule has 7 nitrogen and oxygen atoms in total. The zero-order valence-electron chi connectivity index (χ0n) is 16.0. The van der Waals surface area contributed by atoms with Crippen LogP contribution in [0, 0.1) is 6.92 Å². The molecule has 3 rings (SSSR count). The number of aryl methyl sites for hydroxylation is 1. The smallest absolute Gasteiger partial charge is 0.337 e. The summed E-state index contributed by atoms with van der Waals surface area (Å²) in [6.45, 7) is 2.68. The van der Waals surface area contributed by atoms with Crippen molar-refractivity contribution in [2.24, 2.45) is 0 Å². The van der Waals surface area contributed by atoms with E-state index in [1.54, 1.807) is 35.2 Å². The van der Waals surface area contributed by atoms with Crippen molar-refractivity contribution in [2.45, 2.75) is 19.8 Å². The van der Waals surface area contributed by atoms with Crippen molar-refractivity contribution in [1.29, 1.82) is 0 Å². The van der Waals surface area contributed by atoms with Crippen molar-refractivity contribution in [3.8, 4) is 0 Å². The zero-order chi connectivity index (χ0) is 20.1. The van der Waals surface area contributed by atoms with E-state index in [4.69, 9.17) is 4.74 Å². The summed E-state index contributed by atoms with van der Waals surface area (Å²) in [6, 6.07) is 12.4. The van der Waals surface area contributed by atoms with Crippen LogP contribution in [0.3, 0.4) is 0 Å². The van der Waals surface area contributed by atoms with Gasteiger partial charge in [-0.05, 0) is 55.3 Å². The molecule has 1 aliphatic rings. The Labute approximate surface area is 163 Å². The molecule has 1 aliphatic heterocycles. The summed E-state index contributed by atoms with van der Waals surface area (Å²) in [5, 5.41) is 5.85. The highest BCUT2D eigenvalue weighted by Gasteiger charge is 2.21. The first-order chi connectivity index (χ1) is 13.5. The van der Waals surface area contributed by atoms with Gasteiger partial charge in [0.25, 0.3) is 0 Å². The topological polar surface area (TPSA) is 87.7 Å². The van der Waals surface area contributed by atoms with Crippen LogP contribution >= 0.6 is 0 Å². The first kappa shape index (κ1) is 19.4. The van der Waals surface area contributed by atoms with E-state index in [0.29, 0.717) is 23.4 Å². The van der Waals surface area contributed by atoms with Crippen LogP contribution in [-0.2, 0) is 14.3 Å². The largest absolute Gasteiger partial charge is 0.465 e. The molecule has 2 aromatic rings. The first-order valence-corrected chi connectivity index (χ1v) is 9.11. The predicted molar refractivity (Wildman–Crippen MR) is 108 cm³/mol. The quantitative estimate of drug-likeness (QED) is 0.751. The van der Waals surface area contributed by atoms with Gasteiger partial charge < -0.3 is 20.3 Å². The molecule has 0 aromatic heterocycles. The van der Waals surface area contributed by atoms with Gasteiger partial charge in [-0.2, -0.15) is 0 Å². The van der Waals surface area contributed by atoms with Crippen LogP contribution in [0.2, 0.25) is 0 Å². The lowest BCUT2D eigenvalue weighted by Crippen LogP contribution is -2.24. The molecule has 2 aromatic carbocycles. The summed E-state index contributed by atoms with van der Waals surface area (Å²) in [7, 11) is 1.33. The molecular weight excluding hydrogens is 358 g/mol. The molecule has 2 N–H and O–H groups in total. The number of ether oxygens (including phenoxy) is 1. The maximum Gasteiger partial charge on any atom is 0.337 e. The number of anilines is 3. The van der Waals surface area contributed by atoms with Crippen LogP contribution in [0.1, 0.15) is 28.8 Å². The monoisotopic (exact) mass is 381 g/mol. The molecule has 7 heteroatoms. The number of nitrogens with one attached hydrogen (secondary N) is 2. The van der Waals surface area contributed by atoms with Gasteiger partial charge in [-0.3, -0.25) is 9.59 Å². The number of hydrogen-bond acceptors (Lipinski definition) is 5. The van der Waals surface area contributed by atoms with Crippen LogP contribution in [0.5, 0.6) is 0 Å². The molecule has 2 amide bonds. The van der Waals surface area contributed by atoms with E-state index in [9.17, 15) is 14.4 Å². The minimum absolute atomic E-state index is 0.0534. The summed E-state index contributed by atoms with van der Waals surface area (Å²) in [5.41, 5.74) is 3.53. The zero-order valence-corrected chi connectivity index (χ0v) is 16.0. The van der Waals surface area contributed by atoms with Crippen molar-refractivity contribution in [3.63, 3.8) is 0 Å². The third-order valence-corrected chi connectivity index (χ3v) is 4.63. The molecule has 28 heavy (non-hydrogen) atoms. The summed E-state index contributed by atoms with van der Waals surface area (Å²) < 4.78 is 4.72. The average Bonchev–Trinajstić information content (AvgIpc) is 3.13. The normalized spacial score (nSPS) is 13.4. The lowest BCUT2D eigenvalue weighted by Gasteiger charge is -2.16. The number of benzene rings is 2. The highest BCUT2D eigenvalue weighted by molar-refractivity contribution is 5.97. The van der Waals surface area contributed by atoms with Gasteiger partial charge in [0.05, 0.1) is 19.2 Å². The van der Waals surface area contributed by atoms with Gasteiger partial charge >= 0.3 is 5.97 Å². The third kappa shape index (κ3) is 4.49. The Morgan fingerprint density at radius 2 is 1.89 bits per heavy atom. The molecular formula is C21H23N3O4. The standard InChI is InChI=1S/C21H23N3O4/c1-14-5-6-15(21(27)28-2)12-18(14)22-13-19(25)23-16-7-9-17(10-8-16)24-11-3-4-20(24)26/h5-10,12,22H,3-4,11,13H2,1-2H3,(H,23,25). The lowest BCUT2D eigenvalue weighted by molar-refractivity contribution is -0.117. The van der Waals surface area contributed by atoms with Crippen LogP contribution in [0.4, 0.5) is 17.1 Å². The maximum absolute atomic E-state index is 12.2. The SMILES string of the molecule is COC(=O)c1ccc(C)c(NCC(=O)Nc2ccc(N3CCCC3=O)cc2)c1. The average molecular weight is 381 g/mol. The summed E-state index contributed by atoms with van der Waals surface area (Å²) in [4.78, 5) is 37.4. The minimum atomic E-state index is -0.427. The van der Waals surface area contributed by atoms with Crippen LogP contribution in [0.25, 0.3) is 0 Å². The van der Waals surface area contributed by atoms with Gasteiger partial charge in [0, 0.05) is 30.0 Å². The van der Waals surface area contributed by atoms with Crippen LogP contribution < -0.4 is 15.5 Å². The number of hydrogen-bond donors (Lipinski definition) is 2. The molecule has 0 bridgehead atoms. The minimum Gasteiger partial charge on any atom is -0.465 e. The van der Waals surface area contributed by atoms with Crippen LogP contribution in [0.15, 0.2) is 42.5 Å². The Morgan fingerprint density at radius 3 is 2.54 bits per heavy atom. The highest BCUT2D eigenvalue weighted by atomic mass is 16.5. The fourth-order valence-electron chi connectivity index (χ4n) is 3.08. The summed E-state index contributed by atoms with van der Waals surface area (Å²) in [5.74, 6) is -0.512. The Bertz CT molecular complexity index is 893. The molecule has 0 atom stereocenters. The number of esters is 1. The van der Waals surface area contributed by atoms with Gasteiger partial charge in [0.2, 0.25) is 11.8 Å². The fraction of sp³-hybridized carbons (Fsp3) is 0.286. The Kier molecular flexibility index (Phi) is 5.93. The van der Waals surface area contributed by atoms with E-state index in [0.717, 1.165) is 24.2 Å². The first-order valence-electron chi connectivity index (χ1n) is 9.11. The van der Waals surface area contributed by atoms with E-state index >= 15 is 0 Å². The number of nitrogens with zero attached hydrogens (tertiary/aromatic N) is 1.